The van der Waals surface area contributed by atoms with Crippen LogP contribution in [0.1, 0.15) is 48.5 Å². The van der Waals surface area contributed by atoms with Crippen LogP contribution < -0.4 is 5.32 Å². The summed E-state index contributed by atoms with van der Waals surface area (Å²) < 4.78 is 5.10. The van der Waals surface area contributed by atoms with Gasteiger partial charge < -0.3 is 14.7 Å². The van der Waals surface area contributed by atoms with E-state index in [1.54, 1.807) is 23.2 Å². The van der Waals surface area contributed by atoms with Crippen LogP contribution in [0, 0.1) is 18.8 Å². The highest BCUT2D eigenvalue weighted by atomic mass is 32.2. The Morgan fingerprint density at radius 2 is 2.24 bits per heavy atom. The first-order valence-corrected chi connectivity index (χ1v) is 11.0. The number of amides is 2. The number of piperidine rings is 1. The third-order valence-corrected chi connectivity index (χ3v) is 5.84. The fourth-order valence-electron chi connectivity index (χ4n) is 3.29. The number of aromatic nitrogens is 2. The predicted octanol–water partition coefficient (Wildman–Crippen LogP) is 3.29. The summed E-state index contributed by atoms with van der Waals surface area (Å²) in [4.78, 5) is 31.8. The minimum atomic E-state index is -0.155. The number of carbonyl (C=O) groups is 2. The Labute approximate surface area is 175 Å². The van der Waals surface area contributed by atoms with Gasteiger partial charge in [-0.05, 0) is 37.8 Å². The number of nitrogens with one attached hydrogen (secondary N) is 1. The van der Waals surface area contributed by atoms with Gasteiger partial charge in [0, 0.05) is 37.7 Å². The molecular formula is C21H28N4O3S. The quantitative estimate of drug-likeness (QED) is 0.697. The van der Waals surface area contributed by atoms with E-state index in [-0.39, 0.29) is 17.7 Å². The van der Waals surface area contributed by atoms with Crippen molar-refractivity contribution in [3.8, 4) is 0 Å². The van der Waals surface area contributed by atoms with Gasteiger partial charge in [0.05, 0.1) is 17.2 Å². The zero-order valence-corrected chi connectivity index (χ0v) is 18.0. The van der Waals surface area contributed by atoms with E-state index < -0.39 is 0 Å². The molecule has 3 rings (SSSR count). The summed E-state index contributed by atoms with van der Waals surface area (Å²) >= 11 is 1.46. The van der Waals surface area contributed by atoms with Crippen molar-refractivity contribution < 1.29 is 14.1 Å². The number of pyridine rings is 1. The second-order valence-corrected chi connectivity index (χ2v) is 8.77. The van der Waals surface area contributed by atoms with Gasteiger partial charge >= 0.3 is 0 Å². The van der Waals surface area contributed by atoms with Gasteiger partial charge in [-0.1, -0.05) is 30.8 Å². The maximum Gasteiger partial charge on any atom is 0.256 e. The van der Waals surface area contributed by atoms with Crippen LogP contribution in [0.2, 0.25) is 0 Å². The molecule has 1 aliphatic rings. The zero-order valence-electron chi connectivity index (χ0n) is 17.2. The SMILES string of the molecule is Cc1cc(CSc2ncccc2C(=O)N2CCC[C@H](C(=O)NCC(C)C)C2)no1. The van der Waals surface area contributed by atoms with E-state index in [1.165, 1.54) is 11.8 Å². The fourth-order valence-corrected chi connectivity index (χ4v) is 4.16. The molecule has 0 spiro atoms. The number of nitrogens with zero attached hydrogens (tertiary/aromatic N) is 3. The van der Waals surface area contributed by atoms with Crippen LogP contribution >= 0.6 is 11.8 Å². The highest BCUT2D eigenvalue weighted by Crippen LogP contribution is 2.27. The van der Waals surface area contributed by atoms with Crippen molar-refractivity contribution in [1.82, 2.24) is 20.4 Å². The molecule has 2 aromatic heterocycles. The van der Waals surface area contributed by atoms with E-state index in [9.17, 15) is 9.59 Å². The van der Waals surface area contributed by atoms with Gasteiger partial charge in [-0.3, -0.25) is 9.59 Å². The standard InChI is InChI=1S/C21H28N4O3S/c1-14(2)11-23-19(26)16-6-5-9-25(12-16)21(27)18-7-4-8-22-20(18)29-13-17-10-15(3)28-24-17/h4,7-8,10,14,16H,5-6,9,11-13H2,1-3H3,(H,23,26)/t16-/m0/s1. The molecule has 8 heteroatoms. The molecule has 0 aliphatic carbocycles. The molecule has 2 amide bonds. The number of rotatable bonds is 7. The van der Waals surface area contributed by atoms with Crippen molar-refractivity contribution in [1.29, 1.82) is 0 Å². The van der Waals surface area contributed by atoms with Gasteiger partial charge in [-0.15, -0.1) is 0 Å². The maximum absolute atomic E-state index is 13.2. The predicted molar refractivity (Wildman–Crippen MR) is 112 cm³/mol. The Bertz CT molecular complexity index is 852. The van der Waals surface area contributed by atoms with Crippen LogP contribution in [-0.2, 0) is 10.5 Å². The number of thioether (sulfide) groups is 1. The molecule has 0 aromatic carbocycles. The molecule has 0 saturated carbocycles. The minimum absolute atomic E-state index is 0.0402. The Morgan fingerprint density at radius 1 is 1.41 bits per heavy atom. The number of carbonyl (C=O) groups excluding carboxylic acids is 2. The van der Waals surface area contributed by atoms with Crippen LogP contribution in [0.15, 0.2) is 33.9 Å². The van der Waals surface area contributed by atoms with Crippen LogP contribution in [0.5, 0.6) is 0 Å². The first kappa shape index (κ1) is 21.4. The molecule has 1 atom stereocenters. The third kappa shape index (κ3) is 5.82. The smallest absolute Gasteiger partial charge is 0.256 e. The normalized spacial score (nSPS) is 16.8. The molecule has 1 fully saturated rings. The molecule has 3 heterocycles. The van der Waals surface area contributed by atoms with Crippen molar-refractivity contribution in [3.63, 3.8) is 0 Å². The van der Waals surface area contributed by atoms with E-state index in [1.807, 2.05) is 13.0 Å². The summed E-state index contributed by atoms with van der Waals surface area (Å²) in [6.07, 6.45) is 3.33. The molecule has 0 bridgehead atoms. The molecule has 156 valence electrons. The van der Waals surface area contributed by atoms with Crippen molar-refractivity contribution >= 4 is 23.6 Å². The van der Waals surface area contributed by atoms with E-state index >= 15 is 0 Å². The maximum atomic E-state index is 13.2. The lowest BCUT2D eigenvalue weighted by Crippen LogP contribution is -2.46. The molecule has 1 aliphatic heterocycles. The van der Waals surface area contributed by atoms with E-state index in [2.05, 4.69) is 29.3 Å². The average Bonchev–Trinajstić information content (AvgIpc) is 3.15. The van der Waals surface area contributed by atoms with Gasteiger partial charge in [-0.2, -0.15) is 0 Å². The van der Waals surface area contributed by atoms with Gasteiger partial charge in [0.15, 0.2) is 0 Å². The van der Waals surface area contributed by atoms with Crippen molar-refractivity contribution in [3.05, 3.63) is 41.4 Å². The van der Waals surface area contributed by atoms with E-state index in [4.69, 9.17) is 4.52 Å². The monoisotopic (exact) mass is 416 g/mol. The highest BCUT2D eigenvalue weighted by Gasteiger charge is 2.30. The van der Waals surface area contributed by atoms with Gasteiger partial charge in [0.2, 0.25) is 5.91 Å². The zero-order chi connectivity index (χ0) is 20.8. The number of hydrogen-bond acceptors (Lipinski definition) is 6. The van der Waals surface area contributed by atoms with Gasteiger partial charge in [0.1, 0.15) is 10.8 Å². The van der Waals surface area contributed by atoms with Crippen molar-refractivity contribution in [2.24, 2.45) is 11.8 Å². The Kier molecular flexibility index (Phi) is 7.30. The lowest BCUT2D eigenvalue weighted by molar-refractivity contribution is -0.126. The van der Waals surface area contributed by atoms with Crippen molar-refractivity contribution in [2.45, 2.75) is 44.4 Å². The molecule has 0 radical (unpaired) electrons. The summed E-state index contributed by atoms with van der Waals surface area (Å²) in [6, 6.07) is 5.45. The van der Waals surface area contributed by atoms with E-state index in [0.717, 1.165) is 24.3 Å². The van der Waals surface area contributed by atoms with Gasteiger partial charge in [-0.25, -0.2) is 4.98 Å². The lowest BCUT2D eigenvalue weighted by Gasteiger charge is -2.32. The average molecular weight is 417 g/mol. The number of hydrogen-bond donors (Lipinski definition) is 1. The third-order valence-electron chi connectivity index (χ3n) is 4.80. The number of likely N-dealkylation sites (tertiary alicyclic amines) is 1. The molecule has 2 aromatic rings. The van der Waals surface area contributed by atoms with Crippen LogP contribution in [-0.4, -0.2) is 46.5 Å². The summed E-state index contributed by atoms with van der Waals surface area (Å²) in [5.74, 6) is 1.56. The Hall–Kier alpha value is -2.35. The first-order valence-electron chi connectivity index (χ1n) is 10.0. The summed E-state index contributed by atoms with van der Waals surface area (Å²) in [5, 5.41) is 7.66. The molecule has 0 unspecified atom stereocenters. The summed E-state index contributed by atoms with van der Waals surface area (Å²) in [7, 11) is 0. The first-order chi connectivity index (χ1) is 13.9. The van der Waals surface area contributed by atoms with Crippen LogP contribution in [0.4, 0.5) is 0 Å². The highest BCUT2D eigenvalue weighted by molar-refractivity contribution is 7.98. The molecule has 1 N–H and O–H groups in total. The second-order valence-electron chi connectivity index (χ2n) is 7.80. The summed E-state index contributed by atoms with van der Waals surface area (Å²) in [5.41, 5.74) is 1.39. The minimum Gasteiger partial charge on any atom is -0.361 e. The second kappa shape index (κ2) is 9.91. The number of aryl methyl sites for hydroxylation is 1. The van der Waals surface area contributed by atoms with Crippen LogP contribution in [0.25, 0.3) is 0 Å². The summed E-state index contributed by atoms with van der Waals surface area (Å²) in [6.45, 7) is 7.76. The Balaban J connectivity index is 1.65. The largest absolute Gasteiger partial charge is 0.361 e. The fraction of sp³-hybridized carbons (Fsp3) is 0.524. The molecular weight excluding hydrogens is 388 g/mol. The molecule has 1 saturated heterocycles. The van der Waals surface area contributed by atoms with E-state index in [0.29, 0.717) is 41.9 Å². The topological polar surface area (TPSA) is 88.3 Å². The molecule has 7 nitrogen and oxygen atoms in total. The van der Waals surface area contributed by atoms with Crippen molar-refractivity contribution in [2.75, 3.05) is 19.6 Å². The van der Waals surface area contributed by atoms with Gasteiger partial charge in [0.25, 0.3) is 5.91 Å². The Morgan fingerprint density at radius 3 is 2.97 bits per heavy atom. The molecule has 29 heavy (non-hydrogen) atoms. The lowest BCUT2D eigenvalue weighted by atomic mass is 9.96. The van der Waals surface area contributed by atoms with Crippen LogP contribution in [0.3, 0.4) is 0 Å².